The number of hydrogen-bond acceptors (Lipinski definition) is 6. The third-order valence-electron chi connectivity index (χ3n) is 13.5. The Morgan fingerprint density at radius 1 is 0.282 bits per heavy atom. The lowest BCUT2D eigenvalue weighted by Crippen LogP contribution is -2.30. The van der Waals surface area contributed by atoms with E-state index < -0.39 is 6.10 Å². The second-order valence-electron chi connectivity index (χ2n) is 20.7. The van der Waals surface area contributed by atoms with Crippen LogP contribution in [0.15, 0.2) is 60.8 Å². The zero-order valence-electron chi connectivity index (χ0n) is 47.2. The fraction of sp³-hybridized carbons (Fsp3) is 0.800. The molecule has 0 radical (unpaired) electrons. The summed E-state index contributed by atoms with van der Waals surface area (Å²) in [4.78, 5) is 38.3. The molecule has 0 saturated heterocycles. The van der Waals surface area contributed by atoms with Crippen LogP contribution in [0.5, 0.6) is 0 Å². The molecule has 71 heavy (non-hydrogen) atoms. The summed E-state index contributed by atoms with van der Waals surface area (Å²) in [5.41, 5.74) is 0. The van der Waals surface area contributed by atoms with Gasteiger partial charge in [0.2, 0.25) is 0 Å². The zero-order chi connectivity index (χ0) is 51.4. The van der Waals surface area contributed by atoms with Gasteiger partial charge in [-0.05, 0) is 96.3 Å². The molecule has 6 nitrogen and oxygen atoms in total. The minimum absolute atomic E-state index is 0.0863. The Hall–Kier alpha value is -2.89. The molecule has 0 bridgehead atoms. The normalized spacial score (nSPS) is 12.4. The van der Waals surface area contributed by atoms with E-state index in [1.807, 2.05) is 0 Å². The number of carbonyl (C=O) groups is 3. The summed E-state index contributed by atoms with van der Waals surface area (Å²) in [6.45, 7) is 6.63. The van der Waals surface area contributed by atoms with E-state index in [-0.39, 0.29) is 31.1 Å². The summed E-state index contributed by atoms with van der Waals surface area (Å²) in [6.07, 6.45) is 75.0. The standard InChI is InChI=1S/C65H116O6/c1-4-7-10-13-16-19-22-25-28-31-33-35-37-40-43-46-49-52-55-58-64(67)70-61-62(60-69-63(66)57-54-51-48-45-42-39-36-30-27-24-21-18-15-12-9-6-3)71-65(68)59-56-53-50-47-44-41-38-34-32-29-26-23-20-17-14-11-8-5-2/h23,26,29-34,36,38,62H,4-22,24-25,27-28,35,37,39-61H2,1-3H3/b26-23-,32-29-,33-31-,36-30-,38-34-. The van der Waals surface area contributed by atoms with E-state index in [1.165, 1.54) is 186 Å². The van der Waals surface area contributed by atoms with E-state index in [2.05, 4.69) is 81.5 Å². The lowest BCUT2D eigenvalue weighted by molar-refractivity contribution is -0.167. The Balaban J connectivity index is 4.42. The first-order valence-corrected chi connectivity index (χ1v) is 30.8. The van der Waals surface area contributed by atoms with E-state index >= 15 is 0 Å². The molecule has 0 aliphatic carbocycles. The van der Waals surface area contributed by atoms with Crippen molar-refractivity contribution in [2.24, 2.45) is 0 Å². The van der Waals surface area contributed by atoms with Crippen LogP contribution in [0.25, 0.3) is 0 Å². The van der Waals surface area contributed by atoms with Crippen LogP contribution in [-0.4, -0.2) is 37.2 Å². The highest BCUT2D eigenvalue weighted by atomic mass is 16.6. The van der Waals surface area contributed by atoms with Crippen LogP contribution in [0, 0.1) is 0 Å². The van der Waals surface area contributed by atoms with Crippen molar-refractivity contribution in [3.63, 3.8) is 0 Å². The summed E-state index contributed by atoms with van der Waals surface area (Å²) < 4.78 is 16.9. The third kappa shape index (κ3) is 57.9. The number of unbranched alkanes of at least 4 members (excludes halogenated alkanes) is 37. The molecule has 412 valence electrons. The van der Waals surface area contributed by atoms with Crippen molar-refractivity contribution in [1.82, 2.24) is 0 Å². The maximum Gasteiger partial charge on any atom is 0.306 e. The summed E-state index contributed by atoms with van der Waals surface area (Å²) in [7, 11) is 0. The molecule has 0 aromatic heterocycles. The van der Waals surface area contributed by atoms with Gasteiger partial charge in [-0.3, -0.25) is 14.4 Å². The van der Waals surface area contributed by atoms with Crippen molar-refractivity contribution in [2.45, 2.75) is 322 Å². The molecule has 0 rings (SSSR count). The smallest absolute Gasteiger partial charge is 0.306 e. The summed E-state index contributed by atoms with van der Waals surface area (Å²) in [5.74, 6) is -0.904. The zero-order valence-corrected chi connectivity index (χ0v) is 47.2. The molecule has 0 aliphatic rings. The van der Waals surface area contributed by atoms with E-state index in [9.17, 15) is 14.4 Å². The van der Waals surface area contributed by atoms with Gasteiger partial charge in [0.15, 0.2) is 6.10 Å². The van der Waals surface area contributed by atoms with Gasteiger partial charge in [-0.1, -0.05) is 261 Å². The molecule has 6 heteroatoms. The molecular weight excluding hydrogens is 877 g/mol. The van der Waals surface area contributed by atoms with Gasteiger partial charge >= 0.3 is 17.9 Å². The minimum atomic E-state index is -0.791. The molecule has 0 heterocycles. The second kappa shape index (κ2) is 59.7. The van der Waals surface area contributed by atoms with E-state index in [1.54, 1.807) is 0 Å². The van der Waals surface area contributed by atoms with Crippen molar-refractivity contribution in [3.05, 3.63) is 60.8 Å². The van der Waals surface area contributed by atoms with Crippen molar-refractivity contribution in [2.75, 3.05) is 13.2 Å². The van der Waals surface area contributed by atoms with Gasteiger partial charge in [-0.25, -0.2) is 0 Å². The van der Waals surface area contributed by atoms with Crippen LogP contribution >= 0.6 is 0 Å². The van der Waals surface area contributed by atoms with Gasteiger partial charge < -0.3 is 14.2 Å². The molecule has 1 atom stereocenters. The van der Waals surface area contributed by atoms with Crippen molar-refractivity contribution in [1.29, 1.82) is 0 Å². The molecule has 0 spiro atoms. The largest absolute Gasteiger partial charge is 0.462 e. The first-order valence-electron chi connectivity index (χ1n) is 30.8. The maximum atomic E-state index is 12.9. The number of rotatable bonds is 56. The SMILES string of the molecule is CCCCCCC\C=C/C=C\C=C/CCCCCCCC(=O)OC(COC(=O)CCCCCCC/C=C\CCCCCCCCC)COC(=O)CCCCCCCCC/C=C\CCCCCCCCCC. The van der Waals surface area contributed by atoms with Crippen LogP contribution in [-0.2, 0) is 28.6 Å². The number of ether oxygens (including phenoxy) is 3. The van der Waals surface area contributed by atoms with E-state index in [4.69, 9.17) is 14.2 Å². The van der Waals surface area contributed by atoms with E-state index in [0.29, 0.717) is 19.3 Å². The van der Waals surface area contributed by atoms with Gasteiger partial charge in [-0.2, -0.15) is 0 Å². The quantitative estimate of drug-likeness (QED) is 0.0199. The van der Waals surface area contributed by atoms with Crippen LogP contribution in [0.4, 0.5) is 0 Å². The number of hydrogen-bond donors (Lipinski definition) is 0. The van der Waals surface area contributed by atoms with Gasteiger partial charge in [-0.15, -0.1) is 0 Å². The minimum Gasteiger partial charge on any atom is -0.462 e. The highest BCUT2D eigenvalue weighted by Crippen LogP contribution is 2.15. The van der Waals surface area contributed by atoms with Crippen LogP contribution in [0.2, 0.25) is 0 Å². The molecule has 0 aliphatic heterocycles. The summed E-state index contributed by atoms with van der Waals surface area (Å²) in [5, 5.41) is 0. The average Bonchev–Trinajstić information content (AvgIpc) is 3.37. The maximum absolute atomic E-state index is 12.9. The van der Waals surface area contributed by atoms with Crippen LogP contribution in [0.1, 0.15) is 316 Å². The highest BCUT2D eigenvalue weighted by molar-refractivity contribution is 5.71. The van der Waals surface area contributed by atoms with Gasteiger partial charge in [0, 0.05) is 19.3 Å². The lowest BCUT2D eigenvalue weighted by atomic mass is 10.1. The fourth-order valence-corrected chi connectivity index (χ4v) is 8.85. The lowest BCUT2D eigenvalue weighted by Gasteiger charge is -2.18. The predicted octanol–water partition coefficient (Wildman–Crippen LogP) is 20.8. The highest BCUT2D eigenvalue weighted by Gasteiger charge is 2.19. The monoisotopic (exact) mass is 993 g/mol. The van der Waals surface area contributed by atoms with Crippen molar-refractivity contribution >= 4 is 17.9 Å². The van der Waals surface area contributed by atoms with Crippen LogP contribution in [0.3, 0.4) is 0 Å². The first-order chi connectivity index (χ1) is 35.0. The number of carbonyl (C=O) groups excluding carboxylic acids is 3. The van der Waals surface area contributed by atoms with Gasteiger partial charge in [0.1, 0.15) is 13.2 Å². The molecule has 0 saturated carbocycles. The Morgan fingerprint density at radius 2 is 0.521 bits per heavy atom. The van der Waals surface area contributed by atoms with Gasteiger partial charge in [0.25, 0.3) is 0 Å². The third-order valence-corrected chi connectivity index (χ3v) is 13.5. The van der Waals surface area contributed by atoms with Crippen molar-refractivity contribution < 1.29 is 28.6 Å². The van der Waals surface area contributed by atoms with Crippen molar-refractivity contribution in [3.8, 4) is 0 Å². The van der Waals surface area contributed by atoms with Crippen LogP contribution < -0.4 is 0 Å². The number of esters is 3. The number of allylic oxidation sites excluding steroid dienone is 10. The Bertz CT molecular complexity index is 1280. The Morgan fingerprint density at radius 3 is 0.817 bits per heavy atom. The molecule has 0 N–H and O–H groups in total. The predicted molar refractivity (Wildman–Crippen MR) is 307 cm³/mol. The summed E-state index contributed by atoms with van der Waals surface area (Å²) >= 11 is 0. The average molecular weight is 994 g/mol. The topological polar surface area (TPSA) is 78.9 Å². The Kier molecular flexibility index (Phi) is 57.2. The molecule has 1 unspecified atom stereocenters. The van der Waals surface area contributed by atoms with E-state index in [0.717, 1.165) is 89.9 Å². The molecule has 0 amide bonds. The molecule has 0 aromatic carbocycles. The Labute approximate surface area is 440 Å². The molecular formula is C65H116O6. The first kappa shape index (κ1) is 68.1. The molecule has 0 aromatic rings. The second-order valence-corrected chi connectivity index (χ2v) is 20.7. The molecule has 0 fully saturated rings. The van der Waals surface area contributed by atoms with Gasteiger partial charge in [0.05, 0.1) is 0 Å². The fourth-order valence-electron chi connectivity index (χ4n) is 8.85. The summed E-state index contributed by atoms with van der Waals surface area (Å²) in [6, 6.07) is 0.